The Hall–Kier alpha value is -0.440. The van der Waals surface area contributed by atoms with E-state index in [4.69, 9.17) is 34.8 Å². The summed E-state index contributed by atoms with van der Waals surface area (Å²) in [7, 11) is 0. The molecule has 2 nitrogen and oxygen atoms in total. The van der Waals surface area contributed by atoms with E-state index in [-0.39, 0.29) is 23.2 Å². The molecule has 1 saturated carbocycles. The van der Waals surface area contributed by atoms with E-state index >= 15 is 0 Å². The molecule has 1 heterocycles. The molecule has 2 fully saturated rings. The van der Waals surface area contributed by atoms with Crippen molar-refractivity contribution >= 4 is 40.7 Å². The van der Waals surface area contributed by atoms with E-state index in [0.29, 0.717) is 6.54 Å². The standard InChI is InChI=1S/C14H14Cl3NO/c15-10-6-7-11-12(10)14(16,17)13(19)18(11)8-9-4-2-1-3-5-9/h1-5,10-12H,6-8H2/t10-,11-,12+/m0/s1. The molecule has 19 heavy (non-hydrogen) atoms. The van der Waals surface area contributed by atoms with Crippen LogP contribution in [0.5, 0.6) is 0 Å². The minimum atomic E-state index is -1.37. The highest BCUT2D eigenvalue weighted by atomic mass is 35.5. The lowest BCUT2D eigenvalue weighted by Gasteiger charge is -2.23. The molecule has 1 saturated heterocycles. The third-order valence-corrected chi connectivity index (χ3v) is 5.42. The fourth-order valence-corrected chi connectivity index (χ4v) is 4.63. The smallest absolute Gasteiger partial charge is 0.260 e. The van der Waals surface area contributed by atoms with Crippen LogP contribution in [0, 0.1) is 5.92 Å². The first-order valence-electron chi connectivity index (χ1n) is 6.38. The Morgan fingerprint density at radius 1 is 1.21 bits per heavy atom. The monoisotopic (exact) mass is 317 g/mol. The van der Waals surface area contributed by atoms with Gasteiger partial charge in [0.25, 0.3) is 5.91 Å². The van der Waals surface area contributed by atoms with Gasteiger partial charge in [-0.15, -0.1) is 11.6 Å². The van der Waals surface area contributed by atoms with E-state index < -0.39 is 4.33 Å². The van der Waals surface area contributed by atoms with Crippen molar-refractivity contribution in [1.29, 1.82) is 0 Å². The van der Waals surface area contributed by atoms with Crippen molar-refractivity contribution in [3.8, 4) is 0 Å². The van der Waals surface area contributed by atoms with Crippen LogP contribution in [0.15, 0.2) is 30.3 Å². The minimum Gasteiger partial charge on any atom is -0.332 e. The number of likely N-dealkylation sites (tertiary alicyclic amines) is 1. The topological polar surface area (TPSA) is 20.3 Å². The molecule has 0 N–H and O–H groups in total. The molecule has 1 aliphatic carbocycles. The van der Waals surface area contributed by atoms with Crippen LogP contribution >= 0.6 is 34.8 Å². The molecule has 102 valence electrons. The zero-order chi connectivity index (χ0) is 13.6. The zero-order valence-electron chi connectivity index (χ0n) is 10.2. The molecule has 1 aliphatic heterocycles. The second kappa shape index (κ2) is 4.83. The average molecular weight is 319 g/mol. The number of hydrogen-bond donors (Lipinski definition) is 0. The highest BCUT2D eigenvalue weighted by Crippen LogP contribution is 2.52. The fourth-order valence-electron chi connectivity index (χ4n) is 3.20. The van der Waals surface area contributed by atoms with Gasteiger partial charge in [-0.05, 0) is 18.4 Å². The van der Waals surface area contributed by atoms with Gasteiger partial charge in [0.05, 0.1) is 0 Å². The van der Waals surface area contributed by atoms with Crippen LogP contribution < -0.4 is 0 Å². The number of hydrogen-bond acceptors (Lipinski definition) is 1. The predicted octanol–water partition coefficient (Wildman–Crippen LogP) is 3.59. The Morgan fingerprint density at radius 3 is 2.58 bits per heavy atom. The van der Waals surface area contributed by atoms with Crippen LogP contribution in [-0.2, 0) is 11.3 Å². The zero-order valence-corrected chi connectivity index (χ0v) is 12.5. The first kappa shape index (κ1) is 13.5. The third-order valence-electron chi connectivity index (χ3n) is 4.10. The van der Waals surface area contributed by atoms with Crippen LogP contribution in [0.2, 0.25) is 0 Å². The van der Waals surface area contributed by atoms with Crippen LogP contribution in [0.25, 0.3) is 0 Å². The molecule has 0 unspecified atom stereocenters. The van der Waals surface area contributed by atoms with Crippen molar-refractivity contribution in [1.82, 2.24) is 4.90 Å². The van der Waals surface area contributed by atoms with Crippen molar-refractivity contribution in [3.63, 3.8) is 0 Å². The van der Waals surface area contributed by atoms with E-state index in [1.54, 1.807) is 4.90 Å². The maximum atomic E-state index is 12.4. The normalized spacial score (nSPS) is 32.7. The number of carbonyl (C=O) groups is 1. The van der Waals surface area contributed by atoms with Gasteiger partial charge in [0.1, 0.15) is 0 Å². The van der Waals surface area contributed by atoms with Crippen LogP contribution in [0.3, 0.4) is 0 Å². The number of benzene rings is 1. The first-order chi connectivity index (χ1) is 9.01. The van der Waals surface area contributed by atoms with Crippen molar-refractivity contribution in [2.24, 2.45) is 5.92 Å². The summed E-state index contributed by atoms with van der Waals surface area (Å²) in [6, 6.07) is 9.93. The van der Waals surface area contributed by atoms with E-state index in [1.165, 1.54) is 0 Å². The summed E-state index contributed by atoms with van der Waals surface area (Å²) in [6.07, 6.45) is 1.73. The van der Waals surface area contributed by atoms with Crippen LogP contribution in [-0.4, -0.2) is 26.6 Å². The van der Waals surface area contributed by atoms with Crippen LogP contribution in [0.4, 0.5) is 0 Å². The molecule has 2 aliphatic rings. The Balaban J connectivity index is 1.88. The van der Waals surface area contributed by atoms with Gasteiger partial charge in [-0.3, -0.25) is 4.79 Å². The van der Waals surface area contributed by atoms with Crippen molar-refractivity contribution in [2.45, 2.75) is 35.1 Å². The summed E-state index contributed by atoms with van der Waals surface area (Å²) in [6.45, 7) is 0.547. The van der Waals surface area contributed by atoms with E-state index in [9.17, 15) is 4.79 Å². The molecule has 5 heteroatoms. The lowest BCUT2D eigenvalue weighted by Crippen LogP contribution is -2.35. The maximum Gasteiger partial charge on any atom is 0.260 e. The summed E-state index contributed by atoms with van der Waals surface area (Å²) in [4.78, 5) is 14.2. The van der Waals surface area contributed by atoms with Gasteiger partial charge < -0.3 is 4.90 Å². The summed E-state index contributed by atoms with van der Waals surface area (Å²) in [5.74, 6) is -0.381. The quantitative estimate of drug-likeness (QED) is 0.763. The summed E-state index contributed by atoms with van der Waals surface area (Å²) < 4.78 is -1.37. The van der Waals surface area contributed by atoms with Crippen molar-refractivity contribution in [3.05, 3.63) is 35.9 Å². The lowest BCUT2D eigenvalue weighted by molar-refractivity contribution is -0.130. The second-order valence-electron chi connectivity index (χ2n) is 5.23. The molecule has 3 atom stereocenters. The van der Waals surface area contributed by atoms with Crippen LogP contribution in [0.1, 0.15) is 18.4 Å². The number of carbonyl (C=O) groups excluding carboxylic acids is 1. The molecule has 0 spiro atoms. The molecule has 1 aromatic rings. The highest BCUT2D eigenvalue weighted by Gasteiger charge is 2.62. The number of nitrogens with zero attached hydrogens (tertiary/aromatic N) is 1. The largest absolute Gasteiger partial charge is 0.332 e. The first-order valence-corrected chi connectivity index (χ1v) is 7.58. The molecule has 0 radical (unpaired) electrons. The highest BCUT2D eigenvalue weighted by molar-refractivity contribution is 6.59. The summed E-state index contributed by atoms with van der Waals surface area (Å²) >= 11 is 18.8. The maximum absolute atomic E-state index is 12.4. The number of halogens is 3. The molecule has 0 bridgehead atoms. The van der Waals surface area contributed by atoms with Gasteiger partial charge in [0.15, 0.2) is 0 Å². The SMILES string of the molecule is O=C1N(Cc2ccccc2)[C@H]2CC[C@H](Cl)[C@H]2C1(Cl)Cl. The fraction of sp³-hybridized carbons (Fsp3) is 0.500. The van der Waals surface area contributed by atoms with E-state index in [0.717, 1.165) is 18.4 Å². The van der Waals surface area contributed by atoms with Gasteiger partial charge >= 0.3 is 0 Å². The Kier molecular flexibility index (Phi) is 3.45. The van der Waals surface area contributed by atoms with Gasteiger partial charge in [0, 0.05) is 23.9 Å². The lowest BCUT2D eigenvalue weighted by atomic mass is 10.0. The number of amides is 1. The molecule has 1 amide bonds. The molecule has 3 rings (SSSR count). The molecular weight excluding hydrogens is 305 g/mol. The van der Waals surface area contributed by atoms with Gasteiger partial charge in [-0.2, -0.15) is 0 Å². The predicted molar refractivity (Wildman–Crippen MR) is 77.6 cm³/mol. The van der Waals surface area contributed by atoms with Gasteiger partial charge in [0.2, 0.25) is 4.33 Å². The molecule has 1 aromatic carbocycles. The van der Waals surface area contributed by atoms with Gasteiger partial charge in [-0.25, -0.2) is 0 Å². The average Bonchev–Trinajstić information content (AvgIpc) is 2.85. The Morgan fingerprint density at radius 2 is 1.89 bits per heavy atom. The van der Waals surface area contributed by atoms with Crippen molar-refractivity contribution in [2.75, 3.05) is 0 Å². The Bertz CT molecular complexity index is 491. The minimum absolute atomic E-state index is 0.0604. The van der Waals surface area contributed by atoms with Gasteiger partial charge in [-0.1, -0.05) is 53.5 Å². The van der Waals surface area contributed by atoms with Crippen molar-refractivity contribution < 1.29 is 4.79 Å². The number of alkyl halides is 3. The van der Waals surface area contributed by atoms with E-state index in [2.05, 4.69) is 0 Å². The van der Waals surface area contributed by atoms with E-state index in [1.807, 2.05) is 30.3 Å². The number of fused-ring (bicyclic) bond motifs is 1. The summed E-state index contributed by atoms with van der Waals surface area (Å²) in [5.41, 5.74) is 1.08. The number of rotatable bonds is 2. The Labute approximate surface area is 127 Å². The summed E-state index contributed by atoms with van der Waals surface area (Å²) in [5, 5.41) is -0.121. The molecule has 0 aromatic heterocycles. The second-order valence-corrected chi connectivity index (χ2v) is 7.17. The third kappa shape index (κ3) is 2.14. The molecular formula is C14H14Cl3NO.